The number of rotatable bonds is 6. The van der Waals surface area contributed by atoms with Gasteiger partial charge in [0.2, 0.25) is 5.91 Å². The number of aliphatic hydroxyl groups is 1. The summed E-state index contributed by atoms with van der Waals surface area (Å²) in [5, 5.41) is 14.0. The Kier molecular flexibility index (Phi) is 5.68. The number of hydrogen-bond acceptors (Lipinski definition) is 4. The average molecular weight is 318 g/mol. The third-order valence-electron chi connectivity index (χ3n) is 3.18. The number of nitrogens with one attached hydrogen (secondary N) is 1. The molecule has 1 atom stereocenters. The summed E-state index contributed by atoms with van der Waals surface area (Å²) in [7, 11) is 1.58. The van der Waals surface area contributed by atoms with Crippen LogP contribution in [0.5, 0.6) is 0 Å². The van der Waals surface area contributed by atoms with Crippen molar-refractivity contribution < 1.29 is 14.7 Å². The molecule has 0 fully saturated rings. The minimum atomic E-state index is -0.473. The maximum absolute atomic E-state index is 12.1. The summed E-state index contributed by atoms with van der Waals surface area (Å²) in [4.78, 5) is 26.1. The first-order valence-electron chi connectivity index (χ1n) is 6.86. The van der Waals surface area contributed by atoms with Crippen molar-refractivity contribution in [2.75, 3.05) is 20.2 Å². The van der Waals surface area contributed by atoms with E-state index in [0.29, 0.717) is 4.88 Å². The fraction of sp³-hybridized carbons (Fsp3) is 0.250. The lowest BCUT2D eigenvalue weighted by Gasteiger charge is -2.20. The van der Waals surface area contributed by atoms with Gasteiger partial charge in [0.15, 0.2) is 0 Å². The second-order valence-electron chi connectivity index (χ2n) is 4.85. The molecule has 1 aromatic heterocycles. The average Bonchev–Trinajstić information content (AvgIpc) is 3.07. The van der Waals surface area contributed by atoms with Gasteiger partial charge in [-0.1, -0.05) is 36.4 Å². The van der Waals surface area contributed by atoms with Crippen LogP contribution < -0.4 is 5.32 Å². The third-order valence-corrected chi connectivity index (χ3v) is 4.04. The van der Waals surface area contributed by atoms with Crippen LogP contribution in [-0.2, 0) is 4.79 Å². The Morgan fingerprint density at radius 3 is 2.55 bits per heavy atom. The van der Waals surface area contributed by atoms with E-state index in [9.17, 15) is 14.7 Å². The first-order valence-corrected chi connectivity index (χ1v) is 7.74. The molecule has 0 aliphatic rings. The summed E-state index contributed by atoms with van der Waals surface area (Å²) in [5.74, 6) is -0.499. The number of nitrogens with zero attached hydrogens (tertiary/aromatic N) is 1. The lowest BCUT2D eigenvalue weighted by Crippen LogP contribution is -2.40. The minimum absolute atomic E-state index is 0.0555. The molecule has 0 aliphatic heterocycles. The van der Waals surface area contributed by atoms with E-state index in [0.717, 1.165) is 5.56 Å². The van der Waals surface area contributed by atoms with Crippen LogP contribution in [0.15, 0.2) is 47.8 Å². The summed E-state index contributed by atoms with van der Waals surface area (Å²) in [6.45, 7) is -0.252. The van der Waals surface area contributed by atoms with Gasteiger partial charge in [0.05, 0.1) is 24.1 Å². The zero-order valence-electron chi connectivity index (χ0n) is 12.2. The largest absolute Gasteiger partial charge is 0.394 e. The Morgan fingerprint density at radius 2 is 1.95 bits per heavy atom. The molecule has 2 rings (SSSR count). The smallest absolute Gasteiger partial charge is 0.264 e. The van der Waals surface area contributed by atoms with Crippen molar-refractivity contribution in [2.24, 2.45) is 0 Å². The first kappa shape index (κ1) is 16.2. The second-order valence-corrected chi connectivity index (χ2v) is 5.80. The van der Waals surface area contributed by atoms with E-state index >= 15 is 0 Å². The van der Waals surface area contributed by atoms with E-state index in [1.165, 1.54) is 16.2 Å². The lowest BCUT2D eigenvalue weighted by atomic mass is 10.1. The highest BCUT2D eigenvalue weighted by molar-refractivity contribution is 7.12. The Morgan fingerprint density at radius 1 is 1.23 bits per heavy atom. The first-order chi connectivity index (χ1) is 10.6. The molecule has 1 unspecified atom stereocenters. The minimum Gasteiger partial charge on any atom is -0.394 e. The molecule has 1 aromatic carbocycles. The van der Waals surface area contributed by atoms with Crippen molar-refractivity contribution >= 4 is 23.2 Å². The fourth-order valence-electron chi connectivity index (χ4n) is 2.04. The van der Waals surface area contributed by atoms with Crippen LogP contribution in [0.2, 0.25) is 0 Å². The maximum atomic E-state index is 12.1. The SMILES string of the molecule is CN(CC(=O)NC(CO)c1ccccc1)C(=O)c1cccs1. The Hall–Kier alpha value is -2.18. The summed E-state index contributed by atoms with van der Waals surface area (Å²) in [6.07, 6.45) is 0. The molecule has 2 aromatic rings. The molecule has 1 heterocycles. The predicted octanol–water partition coefficient (Wildman–Crippen LogP) is 1.67. The zero-order chi connectivity index (χ0) is 15.9. The zero-order valence-corrected chi connectivity index (χ0v) is 13.0. The van der Waals surface area contributed by atoms with Crippen LogP contribution in [0, 0.1) is 0 Å². The van der Waals surface area contributed by atoms with Crippen LogP contribution >= 0.6 is 11.3 Å². The van der Waals surface area contributed by atoms with Crippen LogP contribution in [0.4, 0.5) is 0 Å². The molecule has 0 saturated carbocycles. The molecule has 0 radical (unpaired) electrons. The third kappa shape index (κ3) is 4.16. The van der Waals surface area contributed by atoms with Gasteiger partial charge in [0, 0.05) is 7.05 Å². The molecule has 2 N–H and O–H groups in total. The van der Waals surface area contributed by atoms with E-state index in [4.69, 9.17) is 0 Å². The van der Waals surface area contributed by atoms with Crippen LogP contribution in [-0.4, -0.2) is 42.0 Å². The molecule has 0 saturated heterocycles. The number of aliphatic hydroxyl groups excluding tert-OH is 1. The van der Waals surface area contributed by atoms with Crippen LogP contribution in [0.1, 0.15) is 21.3 Å². The molecule has 2 amide bonds. The van der Waals surface area contributed by atoms with E-state index in [1.807, 2.05) is 35.7 Å². The molecule has 0 bridgehead atoms. The van der Waals surface area contributed by atoms with Crippen molar-refractivity contribution in [1.82, 2.24) is 10.2 Å². The predicted molar refractivity (Wildman–Crippen MR) is 85.7 cm³/mol. The standard InChI is InChI=1S/C16H18N2O3S/c1-18(16(21)14-8-5-9-22-14)10-15(20)17-13(11-19)12-6-3-2-4-7-12/h2-9,13,19H,10-11H2,1H3,(H,17,20). The highest BCUT2D eigenvalue weighted by atomic mass is 32.1. The lowest BCUT2D eigenvalue weighted by molar-refractivity contribution is -0.122. The number of hydrogen-bond donors (Lipinski definition) is 2. The summed E-state index contributed by atoms with van der Waals surface area (Å²) >= 11 is 1.34. The number of thiophene rings is 1. The fourth-order valence-corrected chi connectivity index (χ4v) is 2.75. The highest BCUT2D eigenvalue weighted by Gasteiger charge is 2.18. The normalized spacial score (nSPS) is 11.7. The molecule has 0 spiro atoms. The van der Waals surface area contributed by atoms with Crippen molar-refractivity contribution in [1.29, 1.82) is 0 Å². The maximum Gasteiger partial charge on any atom is 0.264 e. The van der Waals surface area contributed by atoms with Gasteiger partial charge in [-0.3, -0.25) is 9.59 Å². The second kappa shape index (κ2) is 7.72. The van der Waals surface area contributed by atoms with Gasteiger partial charge in [-0.05, 0) is 17.0 Å². The van der Waals surface area contributed by atoms with Gasteiger partial charge in [-0.25, -0.2) is 0 Å². The number of carbonyl (C=O) groups is 2. The van der Waals surface area contributed by atoms with E-state index in [2.05, 4.69) is 5.32 Å². The van der Waals surface area contributed by atoms with Gasteiger partial charge < -0.3 is 15.3 Å². The Labute approximate surface area is 133 Å². The van der Waals surface area contributed by atoms with Gasteiger partial charge in [-0.15, -0.1) is 11.3 Å². The van der Waals surface area contributed by atoms with Crippen molar-refractivity contribution in [3.63, 3.8) is 0 Å². The topological polar surface area (TPSA) is 69.6 Å². The number of carbonyl (C=O) groups excluding carboxylic acids is 2. The monoisotopic (exact) mass is 318 g/mol. The van der Waals surface area contributed by atoms with E-state index < -0.39 is 6.04 Å². The quantitative estimate of drug-likeness (QED) is 0.851. The molecule has 116 valence electrons. The molecular weight excluding hydrogens is 300 g/mol. The summed E-state index contributed by atoms with van der Waals surface area (Å²) in [6, 6.07) is 12.3. The molecule has 5 nitrogen and oxygen atoms in total. The molecule has 0 aliphatic carbocycles. The highest BCUT2D eigenvalue weighted by Crippen LogP contribution is 2.13. The Balaban J connectivity index is 1.93. The molecule has 6 heteroatoms. The summed E-state index contributed by atoms with van der Waals surface area (Å²) < 4.78 is 0. The van der Waals surface area contributed by atoms with E-state index in [1.54, 1.807) is 19.2 Å². The van der Waals surface area contributed by atoms with Gasteiger partial charge in [-0.2, -0.15) is 0 Å². The van der Waals surface area contributed by atoms with Gasteiger partial charge in [0.1, 0.15) is 0 Å². The summed E-state index contributed by atoms with van der Waals surface area (Å²) in [5.41, 5.74) is 0.825. The van der Waals surface area contributed by atoms with Crippen molar-refractivity contribution in [3.8, 4) is 0 Å². The van der Waals surface area contributed by atoms with Gasteiger partial charge in [0.25, 0.3) is 5.91 Å². The van der Waals surface area contributed by atoms with E-state index in [-0.39, 0.29) is 25.0 Å². The number of benzene rings is 1. The van der Waals surface area contributed by atoms with Crippen molar-refractivity contribution in [3.05, 3.63) is 58.3 Å². The number of likely N-dealkylation sites (N-methyl/N-ethyl adjacent to an activating group) is 1. The van der Waals surface area contributed by atoms with Crippen LogP contribution in [0.25, 0.3) is 0 Å². The van der Waals surface area contributed by atoms with Gasteiger partial charge >= 0.3 is 0 Å². The number of amides is 2. The van der Waals surface area contributed by atoms with Crippen molar-refractivity contribution in [2.45, 2.75) is 6.04 Å². The van der Waals surface area contributed by atoms with Crippen LogP contribution in [0.3, 0.4) is 0 Å². The molecule has 22 heavy (non-hydrogen) atoms. The Bertz CT molecular complexity index is 614. The molecular formula is C16H18N2O3S.